The largest absolute Gasteiger partial charge is 0.374 e. The van der Waals surface area contributed by atoms with Crippen molar-refractivity contribution in [2.24, 2.45) is 11.8 Å². The average Bonchev–Trinajstić information content (AvgIpc) is 2.81. The highest BCUT2D eigenvalue weighted by Crippen LogP contribution is 2.32. The van der Waals surface area contributed by atoms with Gasteiger partial charge in [0.05, 0.1) is 24.7 Å². The van der Waals surface area contributed by atoms with Crippen molar-refractivity contribution < 1.29 is 9.53 Å². The SMILES string of the molecule is CC1OC(C)C(C(=O)NCc2sccc2Br)C1C. The van der Waals surface area contributed by atoms with Gasteiger partial charge in [0.25, 0.3) is 0 Å². The Kier molecular flexibility index (Phi) is 4.45. The van der Waals surface area contributed by atoms with Gasteiger partial charge in [0.15, 0.2) is 0 Å². The number of carbonyl (C=O) groups excluding carboxylic acids is 1. The zero-order valence-electron chi connectivity index (χ0n) is 10.8. The van der Waals surface area contributed by atoms with Gasteiger partial charge in [-0.05, 0) is 47.1 Å². The highest BCUT2D eigenvalue weighted by atomic mass is 79.9. The van der Waals surface area contributed by atoms with Gasteiger partial charge in [-0.1, -0.05) is 6.92 Å². The number of nitrogens with one attached hydrogen (secondary N) is 1. The standard InChI is InChI=1S/C13H18BrNO2S/c1-7-8(2)17-9(3)12(7)13(16)15-6-11-10(14)4-5-18-11/h4-5,7-9,12H,6H2,1-3H3,(H,15,16). The highest BCUT2D eigenvalue weighted by Gasteiger charge is 2.41. The van der Waals surface area contributed by atoms with Crippen LogP contribution >= 0.6 is 27.3 Å². The molecule has 1 N–H and O–H groups in total. The fraction of sp³-hybridized carbons (Fsp3) is 0.615. The highest BCUT2D eigenvalue weighted by molar-refractivity contribution is 9.10. The molecule has 1 aliphatic heterocycles. The van der Waals surface area contributed by atoms with Gasteiger partial charge in [-0.3, -0.25) is 4.79 Å². The van der Waals surface area contributed by atoms with E-state index in [2.05, 4.69) is 28.2 Å². The molecule has 1 aromatic rings. The monoisotopic (exact) mass is 331 g/mol. The predicted octanol–water partition coefficient (Wildman–Crippen LogP) is 3.19. The van der Waals surface area contributed by atoms with E-state index in [1.54, 1.807) is 11.3 Å². The Morgan fingerprint density at radius 3 is 2.67 bits per heavy atom. The molecule has 0 aliphatic carbocycles. The van der Waals surface area contributed by atoms with Gasteiger partial charge in [-0.15, -0.1) is 11.3 Å². The third-order valence-corrected chi connectivity index (χ3v) is 5.59. The van der Waals surface area contributed by atoms with E-state index >= 15 is 0 Å². The van der Waals surface area contributed by atoms with Crippen LogP contribution in [-0.4, -0.2) is 18.1 Å². The summed E-state index contributed by atoms with van der Waals surface area (Å²) in [4.78, 5) is 13.4. The van der Waals surface area contributed by atoms with Crippen molar-refractivity contribution in [3.05, 3.63) is 20.8 Å². The van der Waals surface area contributed by atoms with Crippen LogP contribution < -0.4 is 5.32 Å². The van der Waals surface area contributed by atoms with Crippen molar-refractivity contribution in [1.29, 1.82) is 0 Å². The fourth-order valence-corrected chi connectivity index (χ4v) is 3.89. The molecule has 0 radical (unpaired) electrons. The number of halogens is 1. The van der Waals surface area contributed by atoms with Crippen molar-refractivity contribution in [2.45, 2.75) is 39.5 Å². The molecule has 1 saturated heterocycles. The minimum atomic E-state index is -0.0428. The first kappa shape index (κ1) is 14.0. The van der Waals surface area contributed by atoms with E-state index in [-0.39, 0.29) is 30.0 Å². The van der Waals surface area contributed by atoms with Gasteiger partial charge in [-0.25, -0.2) is 0 Å². The van der Waals surface area contributed by atoms with Crippen LogP contribution in [0, 0.1) is 11.8 Å². The first-order valence-corrected chi connectivity index (χ1v) is 7.83. The van der Waals surface area contributed by atoms with Crippen molar-refractivity contribution >= 4 is 33.2 Å². The van der Waals surface area contributed by atoms with Crippen LogP contribution in [0.1, 0.15) is 25.6 Å². The molecule has 1 aliphatic rings. The van der Waals surface area contributed by atoms with E-state index in [1.165, 1.54) is 0 Å². The first-order valence-electron chi connectivity index (χ1n) is 6.15. The maximum absolute atomic E-state index is 12.2. The minimum absolute atomic E-state index is 0.00164. The van der Waals surface area contributed by atoms with Crippen molar-refractivity contribution in [3.63, 3.8) is 0 Å². The second-order valence-electron chi connectivity index (χ2n) is 4.84. The smallest absolute Gasteiger partial charge is 0.226 e. The number of rotatable bonds is 3. The van der Waals surface area contributed by atoms with Gasteiger partial charge in [-0.2, -0.15) is 0 Å². The van der Waals surface area contributed by atoms with Crippen molar-refractivity contribution in [2.75, 3.05) is 0 Å². The van der Waals surface area contributed by atoms with E-state index in [0.717, 1.165) is 9.35 Å². The lowest BCUT2D eigenvalue weighted by molar-refractivity contribution is -0.127. The molecule has 5 heteroatoms. The molecule has 4 unspecified atom stereocenters. The molecule has 18 heavy (non-hydrogen) atoms. The molecule has 0 saturated carbocycles. The van der Waals surface area contributed by atoms with Crippen LogP contribution in [0.25, 0.3) is 0 Å². The van der Waals surface area contributed by atoms with Crippen LogP contribution in [-0.2, 0) is 16.1 Å². The molecule has 2 rings (SSSR count). The second kappa shape index (κ2) is 5.72. The summed E-state index contributed by atoms with van der Waals surface area (Å²) in [6.07, 6.45) is 0.158. The zero-order chi connectivity index (χ0) is 13.3. The molecular weight excluding hydrogens is 314 g/mol. The number of ether oxygens (including phenoxy) is 1. The Bertz CT molecular complexity index is 434. The Hall–Kier alpha value is -0.390. The topological polar surface area (TPSA) is 38.3 Å². The van der Waals surface area contributed by atoms with Crippen LogP contribution in [0.5, 0.6) is 0 Å². The van der Waals surface area contributed by atoms with E-state index < -0.39 is 0 Å². The first-order chi connectivity index (χ1) is 8.50. The van der Waals surface area contributed by atoms with Gasteiger partial charge < -0.3 is 10.1 Å². The average molecular weight is 332 g/mol. The summed E-state index contributed by atoms with van der Waals surface area (Å²) < 4.78 is 6.76. The van der Waals surface area contributed by atoms with E-state index in [0.29, 0.717) is 6.54 Å². The minimum Gasteiger partial charge on any atom is -0.374 e. The molecule has 3 nitrogen and oxygen atoms in total. The molecule has 0 spiro atoms. The molecular formula is C13H18BrNO2S. The maximum Gasteiger partial charge on any atom is 0.226 e. The third kappa shape index (κ3) is 2.78. The Morgan fingerprint density at radius 2 is 2.17 bits per heavy atom. The lowest BCUT2D eigenvalue weighted by Crippen LogP contribution is -2.36. The Labute approximate surface area is 120 Å². The lowest BCUT2D eigenvalue weighted by Gasteiger charge is -2.17. The van der Waals surface area contributed by atoms with Gasteiger partial charge in [0, 0.05) is 9.35 Å². The number of thiophene rings is 1. The summed E-state index contributed by atoms with van der Waals surface area (Å²) >= 11 is 5.11. The number of hydrogen-bond donors (Lipinski definition) is 1. The predicted molar refractivity (Wildman–Crippen MR) is 76.5 cm³/mol. The third-order valence-electron chi connectivity index (χ3n) is 3.66. The van der Waals surface area contributed by atoms with Crippen molar-refractivity contribution in [3.8, 4) is 0 Å². The summed E-state index contributed by atoms with van der Waals surface area (Å²) in [6, 6.07) is 2.00. The maximum atomic E-state index is 12.2. The van der Waals surface area contributed by atoms with Crippen LogP contribution in [0.3, 0.4) is 0 Å². The van der Waals surface area contributed by atoms with E-state index in [1.807, 2.05) is 25.3 Å². The summed E-state index contributed by atoms with van der Waals surface area (Å²) in [6.45, 7) is 6.68. The van der Waals surface area contributed by atoms with Crippen molar-refractivity contribution in [1.82, 2.24) is 5.32 Å². The number of carbonyl (C=O) groups is 1. The molecule has 1 aromatic heterocycles. The molecule has 1 amide bonds. The summed E-state index contributed by atoms with van der Waals surface area (Å²) in [5.74, 6) is 0.324. The van der Waals surface area contributed by atoms with E-state index in [4.69, 9.17) is 4.74 Å². The Balaban J connectivity index is 1.94. The molecule has 100 valence electrons. The molecule has 0 aromatic carbocycles. The second-order valence-corrected chi connectivity index (χ2v) is 6.70. The van der Waals surface area contributed by atoms with Crippen LogP contribution in [0.2, 0.25) is 0 Å². The molecule has 1 fully saturated rings. The van der Waals surface area contributed by atoms with E-state index in [9.17, 15) is 4.79 Å². The fourth-order valence-electron chi connectivity index (χ4n) is 2.46. The normalized spacial score (nSPS) is 31.6. The molecule has 2 heterocycles. The quantitative estimate of drug-likeness (QED) is 0.923. The summed E-state index contributed by atoms with van der Waals surface area (Å²) in [5, 5.41) is 5.02. The summed E-state index contributed by atoms with van der Waals surface area (Å²) in [5.41, 5.74) is 0. The summed E-state index contributed by atoms with van der Waals surface area (Å²) in [7, 11) is 0. The van der Waals surface area contributed by atoms with Crippen LogP contribution in [0.4, 0.5) is 0 Å². The molecule has 4 atom stereocenters. The zero-order valence-corrected chi connectivity index (χ0v) is 13.2. The van der Waals surface area contributed by atoms with Crippen LogP contribution in [0.15, 0.2) is 15.9 Å². The Morgan fingerprint density at radius 1 is 1.44 bits per heavy atom. The number of hydrogen-bond acceptors (Lipinski definition) is 3. The van der Waals surface area contributed by atoms with Gasteiger partial charge in [0.2, 0.25) is 5.91 Å². The lowest BCUT2D eigenvalue weighted by atomic mass is 9.89. The number of amides is 1. The molecule has 0 bridgehead atoms. The van der Waals surface area contributed by atoms with Gasteiger partial charge in [0.1, 0.15) is 0 Å². The van der Waals surface area contributed by atoms with Gasteiger partial charge >= 0.3 is 0 Å².